The Kier molecular flexibility index (Phi) is 6.86. The third-order valence-corrected chi connectivity index (χ3v) is 7.07. The number of aryl methyl sites for hydroxylation is 1. The van der Waals surface area contributed by atoms with Crippen LogP contribution >= 0.6 is 0 Å². The number of nitrogens with one attached hydrogen (secondary N) is 3. The zero-order chi connectivity index (χ0) is 26.1. The maximum absolute atomic E-state index is 14.6. The summed E-state index contributed by atoms with van der Waals surface area (Å²) in [6.07, 6.45) is 5.21. The van der Waals surface area contributed by atoms with Gasteiger partial charge in [-0.25, -0.2) is 19.2 Å². The second-order valence-electron chi connectivity index (χ2n) is 9.78. The van der Waals surface area contributed by atoms with Crippen molar-refractivity contribution in [3.05, 3.63) is 35.5 Å². The summed E-state index contributed by atoms with van der Waals surface area (Å²) in [6.45, 7) is 2.29. The number of carbonyl (C=O) groups is 2. The van der Waals surface area contributed by atoms with Gasteiger partial charge >= 0.3 is 6.09 Å². The Labute approximate surface area is 213 Å². The van der Waals surface area contributed by atoms with Gasteiger partial charge in [0.2, 0.25) is 0 Å². The third-order valence-electron chi connectivity index (χ3n) is 7.07. The number of amides is 2. The Morgan fingerprint density at radius 1 is 1.08 bits per heavy atom. The van der Waals surface area contributed by atoms with Crippen LogP contribution in [0.15, 0.2) is 18.5 Å². The van der Waals surface area contributed by atoms with Crippen molar-refractivity contribution in [2.45, 2.75) is 57.5 Å². The van der Waals surface area contributed by atoms with Crippen LogP contribution < -0.4 is 20.1 Å². The van der Waals surface area contributed by atoms with E-state index in [1.165, 1.54) is 19.5 Å². The maximum Gasteiger partial charge on any atom is 0.404 e. The molecule has 0 bridgehead atoms. The smallest absolute Gasteiger partial charge is 0.404 e. The standard InChI is InChI=1S/C26H30FN5O5/c1-13-21(25(33)31-15-5-7-16(8-6-15)32-26(34)35)23-24(30-13)22(28-12-29-23)17-9-20(36-2)18(27)10-19(17)37-11-14-3-4-14/h9-10,12,14-16,30,32H,3-8,11H2,1-2H3,(H,31,33)(H,34,35). The first-order valence-electron chi connectivity index (χ1n) is 12.5. The minimum absolute atomic E-state index is 0.0613. The van der Waals surface area contributed by atoms with Gasteiger partial charge in [-0.15, -0.1) is 0 Å². The number of H-pyrrole nitrogens is 1. The van der Waals surface area contributed by atoms with Gasteiger partial charge in [-0.05, 0) is 57.4 Å². The highest BCUT2D eigenvalue weighted by Crippen LogP contribution is 2.39. The maximum atomic E-state index is 14.6. The van der Waals surface area contributed by atoms with Gasteiger partial charge in [-0.2, -0.15) is 0 Å². The first kappa shape index (κ1) is 24.8. The number of hydrogen-bond donors (Lipinski definition) is 4. The number of nitrogens with zero attached hydrogens (tertiary/aromatic N) is 2. The minimum atomic E-state index is -1.03. The average Bonchev–Trinajstić information content (AvgIpc) is 3.63. The first-order valence-corrected chi connectivity index (χ1v) is 12.5. The molecule has 4 N–H and O–H groups in total. The Hall–Kier alpha value is -3.89. The Balaban J connectivity index is 1.43. The molecule has 2 heterocycles. The van der Waals surface area contributed by atoms with Gasteiger partial charge in [0.1, 0.15) is 23.3 Å². The quantitative estimate of drug-likeness (QED) is 0.356. The number of carbonyl (C=O) groups excluding carboxylic acids is 1. The van der Waals surface area contributed by atoms with Crippen molar-refractivity contribution >= 4 is 23.0 Å². The van der Waals surface area contributed by atoms with Crippen LogP contribution in [-0.4, -0.2) is 57.9 Å². The number of aromatic nitrogens is 3. The lowest BCUT2D eigenvalue weighted by Gasteiger charge is -2.28. The van der Waals surface area contributed by atoms with Gasteiger partial charge in [-0.3, -0.25) is 4.79 Å². The Bertz CT molecular complexity index is 1330. The summed E-state index contributed by atoms with van der Waals surface area (Å²) >= 11 is 0. The van der Waals surface area contributed by atoms with E-state index >= 15 is 0 Å². The van der Waals surface area contributed by atoms with Crippen molar-refractivity contribution in [1.29, 1.82) is 0 Å². The number of ether oxygens (including phenoxy) is 2. The summed E-state index contributed by atoms with van der Waals surface area (Å²) in [4.78, 5) is 36.3. The third kappa shape index (κ3) is 5.30. The fourth-order valence-corrected chi connectivity index (χ4v) is 4.91. The SMILES string of the molecule is COc1cc(-c2ncnc3c(C(=O)NC4CCC(NC(=O)O)CC4)c(C)[nH]c23)c(OCC2CC2)cc1F. The predicted molar refractivity (Wildman–Crippen MR) is 133 cm³/mol. The molecule has 1 aromatic carbocycles. The lowest BCUT2D eigenvalue weighted by atomic mass is 9.91. The Morgan fingerprint density at radius 3 is 2.43 bits per heavy atom. The van der Waals surface area contributed by atoms with Crippen molar-refractivity contribution < 1.29 is 28.6 Å². The summed E-state index contributed by atoms with van der Waals surface area (Å²) in [6, 6.07) is 2.70. The van der Waals surface area contributed by atoms with Crippen molar-refractivity contribution in [3.8, 4) is 22.8 Å². The van der Waals surface area contributed by atoms with Gasteiger partial charge < -0.3 is 30.2 Å². The van der Waals surface area contributed by atoms with E-state index < -0.39 is 11.9 Å². The number of rotatable bonds is 8. The summed E-state index contributed by atoms with van der Waals surface area (Å²) in [5, 5.41) is 14.5. The first-order chi connectivity index (χ1) is 17.8. The molecular formula is C26H30FN5O5. The van der Waals surface area contributed by atoms with Crippen LogP contribution in [-0.2, 0) is 0 Å². The summed E-state index contributed by atoms with van der Waals surface area (Å²) in [5.74, 6) is 0.106. The second-order valence-corrected chi connectivity index (χ2v) is 9.78. The van der Waals surface area contributed by atoms with E-state index in [0.717, 1.165) is 12.8 Å². The number of aromatic amines is 1. The van der Waals surface area contributed by atoms with Gasteiger partial charge in [0.15, 0.2) is 11.6 Å². The molecule has 196 valence electrons. The van der Waals surface area contributed by atoms with Crippen LogP contribution in [0.1, 0.15) is 54.6 Å². The molecule has 10 nitrogen and oxygen atoms in total. The van der Waals surface area contributed by atoms with Crippen molar-refractivity contribution in [2.24, 2.45) is 5.92 Å². The van der Waals surface area contributed by atoms with E-state index in [1.807, 2.05) is 0 Å². The number of fused-ring (bicyclic) bond motifs is 1. The molecule has 2 aliphatic carbocycles. The van der Waals surface area contributed by atoms with Crippen LogP contribution in [0, 0.1) is 18.7 Å². The zero-order valence-electron chi connectivity index (χ0n) is 20.8. The lowest BCUT2D eigenvalue weighted by Crippen LogP contribution is -2.43. The van der Waals surface area contributed by atoms with E-state index in [1.54, 1.807) is 13.0 Å². The van der Waals surface area contributed by atoms with Crippen LogP contribution in [0.2, 0.25) is 0 Å². The highest BCUT2D eigenvalue weighted by atomic mass is 19.1. The molecule has 11 heteroatoms. The number of methoxy groups -OCH3 is 1. The molecule has 2 saturated carbocycles. The van der Waals surface area contributed by atoms with Crippen molar-refractivity contribution in [3.63, 3.8) is 0 Å². The summed E-state index contributed by atoms with van der Waals surface area (Å²) in [7, 11) is 1.40. The van der Waals surface area contributed by atoms with Crippen LogP contribution in [0.25, 0.3) is 22.3 Å². The molecule has 2 aliphatic rings. The normalized spacial score (nSPS) is 19.4. The molecule has 0 aliphatic heterocycles. The van der Waals surface area contributed by atoms with E-state index in [2.05, 4.69) is 25.6 Å². The predicted octanol–water partition coefficient (Wildman–Crippen LogP) is 4.18. The number of benzene rings is 1. The van der Waals surface area contributed by atoms with Crippen LogP contribution in [0.3, 0.4) is 0 Å². The van der Waals surface area contributed by atoms with Crippen molar-refractivity contribution in [1.82, 2.24) is 25.6 Å². The van der Waals surface area contributed by atoms with Gasteiger partial charge in [0.05, 0.1) is 24.8 Å². The molecule has 2 fully saturated rings. The molecule has 0 spiro atoms. The lowest BCUT2D eigenvalue weighted by molar-refractivity contribution is 0.0924. The highest BCUT2D eigenvalue weighted by Gasteiger charge is 2.28. The van der Waals surface area contributed by atoms with E-state index in [0.29, 0.717) is 77.5 Å². The molecular weight excluding hydrogens is 481 g/mol. The fraction of sp³-hybridized carbons (Fsp3) is 0.462. The molecule has 2 aromatic heterocycles. The minimum Gasteiger partial charge on any atom is -0.494 e. The molecule has 3 aromatic rings. The van der Waals surface area contributed by atoms with Crippen LogP contribution in [0.4, 0.5) is 9.18 Å². The number of carboxylic acid groups (broad SMARTS) is 1. The van der Waals surface area contributed by atoms with Gasteiger partial charge in [0.25, 0.3) is 5.91 Å². The molecule has 37 heavy (non-hydrogen) atoms. The zero-order valence-corrected chi connectivity index (χ0v) is 20.8. The summed E-state index contributed by atoms with van der Waals surface area (Å²) in [5.41, 5.74) is 3.08. The topological polar surface area (TPSA) is 138 Å². The van der Waals surface area contributed by atoms with E-state index in [9.17, 15) is 14.0 Å². The second kappa shape index (κ2) is 10.2. The van der Waals surface area contributed by atoms with Crippen molar-refractivity contribution in [2.75, 3.05) is 13.7 Å². The summed E-state index contributed by atoms with van der Waals surface area (Å²) < 4.78 is 25.7. The van der Waals surface area contributed by atoms with Gasteiger partial charge in [0, 0.05) is 29.4 Å². The molecule has 0 radical (unpaired) electrons. The molecule has 5 rings (SSSR count). The Morgan fingerprint density at radius 2 is 1.78 bits per heavy atom. The molecule has 2 amide bonds. The monoisotopic (exact) mass is 511 g/mol. The fourth-order valence-electron chi connectivity index (χ4n) is 4.91. The highest BCUT2D eigenvalue weighted by molar-refractivity contribution is 6.09. The largest absolute Gasteiger partial charge is 0.494 e. The number of hydrogen-bond acceptors (Lipinski definition) is 6. The van der Waals surface area contributed by atoms with E-state index in [4.69, 9.17) is 14.6 Å². The average molecular weight is 512 g/mol. The van der Waals surface area contributed by atoms with E-state index in [-0.39, 0.29) is 23.7 Å². The van der Waals surface area contributed by atoms with Gasteiger partial charge in [-0.1, -0.05) is 0 Å². The molecule has 0 saturated heterocycles. The molecule has 0 unspecified atom stereocenters. The molecule has 0 atom stereocenters. The van der Waals surface area contributed by atoms with Crippen LogP contribution in [0.5, 0.6) is 11.5 Å². The number of halogens is 1.